The lowest BCUT2D eigenvalue weighted by atomic mass is 9.80. The fraction of sp³-hybridized carbons (Fsp3) is 0.103. The van der Waals surface area contributed by atoms with Gasteiger partial charge in [-0.15, -0.1) is 5.10 Å². The smallest absolute Gasteiger partial charge is 0.346 e. The van der Waals surface area contributed by atoms with E-state index in [4.69, 9.17) is 9.47 Å². The number of fused-ring (bicyclic) bond motifs is 2. The molecule has 1 atom stereocenters. The summed E-state index contributed by atoms with van der Waals surface area (Å²) in [5, 5.41) is 16.0. The predicted octanol–water partition coefficient (Wildman–Crippen LogP) is 5.26. The molecular formula is C29H22N2O4. The van der Waals surface area contributed by atoms with Crippen LogP contribution in [0.4, 0.5) is 5.69 Å². The number of phenolic OH excluding ortho intramolecular Hbond substituents is 1. The lowest BCUT2D eigenvalue weighted by molar-refractivity contribution is -0.217. The van der Waals surface area contributed by atoms with Crippen LogP contribution in [0.15, 0.2) is 114 Å². The molecule has 0 radical (unpaired) electrons. The van der Waals surface area contributed by atoms with Gasteiger partial charge in [0.15, 0.2) is 5.60 Å². The molecule has 0 bridgehead atoms. The fourth-order valence-electron chi connectivity index (χ4n) is 4.87. The molecule has 0 unspecified atom stereocenters. The van der Waals surface area contributed by atoms with Gasteiger partial charge < -0.3 is 9.84 Å². The highest BCUT2D eigenvalue weighted by Gasteiger charge is 2.63. The number of hydrogen-bond acceptors (Lipinski definition) is 6. The van der Waals surface area contributed by atoms with Crippen LogP contribution in [-0.2, 0) is 25.8 Å². The molecule has 6 nitrogen and oxygen atoms in total. The van der Waals surface area contributed by atoms with Gasteiger partial charge in [0.25, 0.3) is 5.90 Å². The minimum absolute atomic E-state index is 0.0511. The third kappa shape index (κ3) is 3.07. The minimum atomic E-state index is -1.54. The first-order valence-electron chi connectivity index (χ1n) is 11.3. The van der Waals surface area contributed by atoms with Gasteiger partial charge in [-0.2, -0.15) is 5.01 Å². The Balaban J connectivity index is 1.64. The van der Waals surface area contributed by atoms with Crippen LogP contribution < -0.4 is 5.01 Å². The van der Waals surface area contributed by atoms with Crippen molar-refractivity contribution in [3.63, 3.8) is 0 Å². The fourth-order valence-corrected chi connectivity index (χ4v) is 4.87. The first-order chi connectivity index (χ1) is 17.0. The van der Waals surface area contributed by atoms with Crippen molar-refractivity contribution in [3.05, 3.63) is 131 Å². The quantitative estimate of drug-likeness (QED) is 0.448. The van der Waals surface area contributed by atoms with Crippen molar-refractivity contribution < 1.29 is 19.4 Å². The maximum Gasteiger partial charge on any atom is 0.346 e. The standard InChI is InChI=1S/C29H22N2O4/c1-20(32)27-30-31(23-16-18-24(33)19-17-23)29(34-27)26-15-9-8-14-25(26)28(35-29,21-10-4-2-5-11-21)22-12-6-3-7-13-22/h2-19,33H,1H3/t29-/m1/s1. The summed E-state index contributed by atoms with van der Waals surface area (Å²) in [5.41, 5.74) is 3.03. The Hall–Kier alpha value is -4.42. The molecule has 4 aromatic rings. The number of nitrogens with zero attached hydrogens (tertiary/aromatic N) is 2. The third-order valence-electron chi connectivity index (χ3n) is 6.40. The van der Waals surface area contributed by atoms with Crippen molar-refractivity contribution in [2.24, 2.45) is 5.10 Å². The number of ketones is 1. The number of carbonyl (C=O) groups is 1. The van der Waals surface area contributed by atoms with Crippen LogP contribution in [-0.4, -0.2) is 16.8 Å². The van der Waals surface area contributed by atoms with E-state index >= 15 is 0 Å². The van der Waals surface area contributed by atoms with E-state index in [1.54, 1.807) is 29.3 Å². The molecule has 0 saturated carbocycles. The van der Waals surface area contributed by atoms with Crippen LogP contribution in [0.1, 0.15) is 29.2 Å². The molecule has 6 heteroatoms. The largest absolute Gasteiger partial charge is 0.508 e. The van der Waals surface area contributed by atoms with Crippen molar-refractivity contribution in [1.82, 2.24) is 0 Å². The highest BCUT2D eigenvalue weighted by Crippen LogP contribution is 2.57. The Labute approximate surface area is 202 Å². The molecule has 0 fully saturated rings. The molecule has 1 N–H and O–H groups in total. The summed E-state index contributed by atoms with van der Waals surface area (Å²) in [6.45, 7) is 1.41. The summed E-state index contributed by atoms with van der Waals surface area (Å²) in [5.74, 6) is -1.79. The summed E-state index contributed by atoms with van der Waals surface area (Å²) < 4.78 is 13.4. The number of rotatable bonds is 4. The first-order valence-corrected chi connectivity index (χ1v) is 11.3. The number of ether oxygens (including phenoxy) is 2. The molecule has 0 saturated heterocycles. The maximum atomic E-state index is 12.5. The molecule has 2 aliphatic heterocycles. The van der Waals surface area contributed by atoms with Crippen LogP contribution in [0.25, 0.3) is 0 Å². The monoisotopic (exact) mass is 462 g/mol. The number of benzene rings is 4. The molecule has 6 rings (SSSR count). The predicted molar refractivity (Wildman–Crippen MR) is 132 cm³/mol. The highest BCUT2D eigenvalue weighted by atomic mass is 16.8. The van der Waals surface area contributed by atoms with Crippen LogP contribution in [0.3, 0.4) is 0 Å². The Bertz CT molecular complexity index is 1400. The molecule has 2 heterocycles. The maximum absolute atomic E-state index is 12.5. The Morgan fingerprint density at radius 2 is 1.31 bits per heavy atom. The Morgan fingerprint density at radius 3 is 1.89 bits per heavy atom. The van der Waals surface area contributed by atoms with E-state index in [0.717, 1.165) is 22.3 Å². The number of anilines is 1. The van der Waals surface area contributed by atoms with Crippen molar-refractivity contribution in [3.8, 4) is 5.75 Å². The van der Waals surface area contributed by atoms with Gasteiger partial charge >= 0.3 is 5.91 Å². The summed E-state index contributed by atoms with van der Waals surface area (Å²) in [6, 6.07) is 34.3. The first kappa shape index (κ1) is 21.1. The number of hydrazone groups is 1. The molecular weight excluding hydrogens is 440 g/mol. The molecule has 35 heavy (non-hydrogen) atoms. The summed E-state index contributed by atoms with van der Waals surface area (Å²) in [7, 11) is 0. The van der Waals surface area contributed by atoms with Gasteiger partial charge in [0.2, 0.25) is 5.78 Å². The van der Waals surface area contributed by atoms with Gasteiger partial charge in [0.05, 0.1) is 11.3 Å². The Kier molecular flexibility index (Phi) is 4.72. The second-order valence-corrected chi connectivity index (χ2v) is 8.53. The molecule has 0 amide bonds. The molecule has 0 aromatic heterocycles. The van der Waals surface area contributed by atoms with Gasteiger partial charge in [-0.25, -0.2) is 0 Å². The Morgan fingerprint density at radius 1 is 0.771 bits per heavy atom. The minimum Gasteiger partial charge on any atom is -0.508 e. The average molecular weight is 463 g/mol. The van der Waals surface area contributed by atoms with Crippen molar-refractivity contribution in [2.45, 2.75) is 18.4 Å². The number of phenols is 1. The zero-order chi connectivity index (χ0) is 24.0. The highest BCUT2D eigenvalue weighted by molar-refractivity contribution is 6.36. The van der Waals surface area contributed by atoms with E-state index in [0.29, 0.717) is 5.69 Å². The van der Waals surface area contributed by atoms with Gasteiger partial charge in [0.1, 0.15) is 5.75 Å². The molecule has 4 aromatic carbocycles. The normalized spacial score (nSPS) is 19.8. The van der Waals surface area contributed by atoms with Crippen LogP contribution in [0.2, 0.25) is 0 Å². The number of hydrogen-bond donors (Lipinski definition) is 1. The number of aromatic hydroxyl groups is 1. The second-order valence-electron chi connectivity index (χ2n) is 8.53. The zero-order valence-electron chi connectivity index (χ0n) is 19.0. The van der Waals surface area contributed by atoms with E-state index in [2.05, 4.69) is 5.10 Å². The second kappa shape index (κ2) is 7.82. The van der Waals surface area contributed by atoms with E-state index in [1.807, 2.05) is 84.9 Å². The lowest BCUT2D eigenvalue weighted by Crippen LogP contribution is -2.45. The average Bonchev–Trinajstić information content (AvgIpc) is 3.43. The van der Waals surface area contributed by atoms with Crippen LogP contribution >= 0.6 is 0 Å². The molecule has 2 aliphatic rings. The summed E-state index contributed by atoms with van der Waals surface area (Å²) in [4.78, 5) is 12.5. The van der Waals surface area contributed by atoms with Crippen molar-refractivity contribution in [1.29, 1.82) is 0 Å². The SMILES string of the molecule is CC(=O)C1=NN(c2ccc(O)cc2)[C@]2(O1)OC(c1ccccc1)(c1ccccc1)c1ccccc12. The number of carbonyl (C=O) groups excluding carboxylic acids is 1. The van der Waals surface area contributed by atoms with Gasteiger partial charge in [-0.05, 0) is 41.5 Å². The molecule has 0 aliphatic carbocycles. The molecule has 172 valence electrons. The summed E-state index contributed by atoms with van der Waals surface area (Å²) >= 11 is 0. The topological polar surface area (TPSA) is 71.4 Å². The summed E-state index contributed by atoms with van der Waals surface area (Å²) in [6.07, 6.45) is 0. The van der Waals surface area contributed by atoms with E-state index < -0.39 is 11.5 Å². The van der Waals surface area contributed by atoms with Crippen LogP contribution in [0, 0.1) is 0 Å². The van der Waals surface area contributed by atoms with Gasteiger partial charge in [-0.1, -0.05) is 78.9 Å². The van der Waals surface area contributed by atoms with E-state index in [1.165, 1.54) is 6.92 Å². The van der Waals surface area contributed by atoms with Crippen LogP contribution in [0.5, 0.6) is 5.75 Å². The van der Waals surface area contributed by atoms with Crippen molar-refractivity contribution >= 4 is 17.4 Å². The lowest BCUT2D eigenvalue weighted by Gasteiger charge is -2.37. The third-order valence-corrected chi connectivity index (χ3v) is 6.40. The van der Waals surface area contributed by atoms with Gasteiger partial charge in [0, 0.05) is 12.5 Å². The number of Topliss-reactive ketones (excluding diaryl/α,β-unsaturated/α-hetero) is 1. The van der Waals surface area contributed by atoms with Crippen molar-refractivity contribution in [2.75, 3.05) is 5.01 Å². The van der Waals surface area contributed by atoms with E-state index in [9.17, 15) is 9.90 Å². The van der Waals surface area contributed by atoms with E-state index in [-0.39, 0.29) is 17.4 Å². The van der Waals surface area contributed by atoms with Gasteiger partial charge in [-0.3, -0.25) is 9.53 Å². The zero-order valence-corrected chi connectivity index (χ0v) is 19.0. The molecule has 1 spiro atoms.